The minimum absolute atomic E-state index is 0.223. The first-order chi connectivity index (χ1) is 6.23. The van der Waals surface area contributed by atoms with Gasteiger partial charge in [-0.15, -0.1) is 0 Å². The van der Waals surface area contributed by atoms with Crippen LogP contribution in [0.4, 0.5) is 0 Å². The van der Waals surface area contributed by atoms with Gasteiger partial charge in [0.25, 0.3) is 0 Å². The van der Waals surface area contributed by atoms with Crippen LogP contribution in [0.25, 0.3) is 0 Å². The zero-order valence-corrected chi connectivity index (χ0v) is 8.16. The summed E-state index contributed by atoms with van der Waals surface area (Å²) in [4.78, 5) is 0. The van der Waals surface area contributed by atoms with E-state index in [0.29, 0.717) is 6.04 Å². The van der Waals surface area contributed by atoms with Gasteiger partial charge in [-0.2, -0.15) is 0 Å². The second-order valence-corrected chi connectivity index (χ2v) is 4.28. The largest absolute Gasteiger partial charge is 0.327 e. The molecule has 70 valence electrons. The van der Waals surface area contributed by atoms with E-state index in [2.05, 4.69) is 37.3 Å². The number of hydrogen-bond acceptors (Lipinski definition) is 1. The SMILES string of the molecule is CC1(c2ccccc2)CCCC1N. The zero-order valence-electron chi connectivity index (χ0n) is 8.16. The first-order valence-corrected chi connectivity index (χ1v) is 5.04. The maximum Gasteiger partial charge on any atom is 0.0134 e. The van der Waals surface area contributed by atoms with Gasteiger partial charge in [-0.25, -0.2) is 0 Å². The highest BCUT2D eigenvalue weighted by Gasteiger charge is 2.37. The molecule has 0 aliphatic heterocycles. The fraction of sp³-hybridized carbons (Fsp3) is 0.500. The first kappa shape index (κ1) is 8.76. The van der Waals surface area contributed by atoms with Crippen molar-refractivity contribution in [1.82, 2.24) is 0 Å². The highest BCUT2D eigenvalue weighted by atomic mass is 14.7. The van der Waals surface area contributed by atoms with Gasteiger partial charge < -0.3 is 5.73 Å². The molecule has 0 radical (unpaired) electrons. The van der Waals surface area contributed by atoms with E-state index in [4.69, 9.17) is 5.73 Å². The average Bonchev–Trinajstić information content (AvgIpc) is 2.50. The molecule has 0 saturated heterocycles. The molecule has 1 aromatic carbocycles. The molecule has 0 aromatic heterocycles. The van der Waals surface area contributed by atoms with Crippen LogP contribution in [0.2, 0.25) is 0 Å². The van der Waals surface area contributed by atoms with Crippen molar-refractivity contribution < 1.29 is 0 Å². The van der Waals surface area contributed by atoms with Crippen LogP contribution in [-0.4, -0.2) is 6.04 Å². The lowest BCUT2D eigenvalue weighted by Gasteiger charge is -2.29. The minimum Gasteiger partial charge on any atom is -0.327 e. The van der Waals surface area contributed by atoms with Crippen molar-refractivity contribution in [1.29, 1.82) is 0 Å². The summed E-state index contributed by atoms with van der Waals surface area (Å²) in [6, 6.07) is 11.0. The molecule has 2 unspecified atom stereocenters. The van der Waals surface area contributed by atoms with Gasteiger partial charge in [0.2, 0.25) is 0 Å². The van der Waals surface area contributed by atoms with Crippen LogP contribution in [0.1, 0.15) is 31.7 Å². The Morgan fingerprint density at radius 1 is 1.31 bits per heavy atom. The van der Waals surface area contributed by atoms with E-state index in [0.717, 1.165) is 0 Å². The van der Waals surface area contributed by atoms with Crippen molar-refractivity contribution in [2.24, 2.45) is 5.73 Å². The van der Waals surface area contributed by atoms with Crippen molar-refractivity contribution in [3.05, 3.63) is 35.9 Å². The van der Waals surface area contributed by atoms with Gasteiger partial charge in [0, 0.05) is 11.5 Å². The molecule has 0 heterocycles. The third-order valence-electron chi connectivity index (χ3n) is 3.46. The fourth-order valence-electron chi connectivity index (χ4n) is 2.37. The highest BCUT2D eigenvalue weighted by molar-refractivity contribution is 5.28. The van der Waals surface area contributed by atoms with Crippen LogP contribution in [0.3, 0.4) is 0 Å². The molecule has 2 rings (SSSR count). The van der Waals surface area contributed by atoms with Gasteiger partial charge in [0.1, 0.15) is 0 Å². The third-order valence-corrected chi connectivity index (χ3v) is 3.46. The molecular formula is C12H17N. The van der Waals surface area contributed by atoms with Crippen molar-refractivity contribution in [3.63, 3.8) is 0 Å². The van der Waals surface area contributed by atoms with Crippen LogP contribution in [0.5, 0.6) is 0 Å². The molecule has 0 amide bonds. The van der Waals surface area contributed by atoms with Crippen molar-refractivity contribution in [2.45, 2.75) is 37.6 Å². The molecule has 13 heavy (non-hydrogen) atoms. The third kappa shape index (κ3) is 1.37. The Morgan fingerprint density at radius 2 is 2.00 bits per heavy atom. The smallest absolute Gasteiger partial charge is 0.0134 e. The second-order valence-electron chi connectivity index (χ2n) is 4.28. The van der Waals surface area contributed by atoms with Crippen molar-refractivity contribution >= 4 is 0 Å². The van der Waals surface area contributed by atoms with Gasteiger partial charge in [-0.3, -0.25) is 0 Å². The molecule has 1 nitrogen and oxygen atoms in total. The van der Waals surface area contributed by atoms with Crippen molar-refractivity contribution in [2.75, 3.05) is 0 Å². The molecule has 2 atom stereocenters. The molecule has 1 aliphatic rings. The van der Waals surface area contributed by atoms with Gasteiger partial charge in [0.15, 0.2) is 0 Å². The number of rotatable bonds is 1. The Kier molecular flexibility index (Phi) is 2.12. The minimum atomic E-state index is 0.223. The summed E-state index contributed by atoms with van der Waals surface area (Å²) in [6.45, 7) is 2.29. The predicted octanol–water partition coefficient (Wildman–Crippen LogP) is 2.46. The maximum atomic E-state index is 6.15. The highest BCUT2D eigenvalue weighted by Crippen LogP contribution is 2.39. The van der Waals surface area contributed by atoms with Crippen molar-refractivity contribution in [3.8, 4) is 0 Å². The summed E-state index contributed by atoms with van der Waals surface area (Å²) in [5, 5.41) is 0. The van der Waals surface area contributed by atoms with E-state index in [1.54, 1.807) is 0 Å². The lowest BCUT2D eigenvalue weighted by atomic mass is 9.78. The Bertz CT molecular complexity index is 280. The van der Waals surface area contributed by atoms with E-state index in [1.165, 1.54) is 24.8 Å². The Labute approximate surface area is 80.0 Å². The normalized spacial score (nSPS) is 33.5. The number of benzene rings is 1. The number of hydrogen-bond donors (Lipinski definition) is 1. The van der Waals surface area contributed by atoms with E-state index >= 15 is 0 Å². The lowest BCUT2D eigenvalue weighted by Crippen LogP contribution is -2.38. The molecule has 0 spiro atoms. The molecule has 1 fully saturated rings. The van der Waals surface area contributed by atoms with Crippen LogP contribution < -0.4 is 5.73 Å². The van der Waals surface area contributed by atoms with Crippen LogP contribution in [0.15, 0.2) is 30.3 Å². The van der Waals surface area contributed by atoms with E-state index in [9.17, 15) is 0 Å². The van der Waals surface area contributed by atoms with Gasteiger partial charge in [0.05, 0.1) is 0 Å². The Hall–Kier alpha value is -0.820. The Balaban J connectivity index is 2.34. The first-order valence-electron chi connectivity index (χ1n) is 5.04. The quantitative estimate of drug-likeness (QED) is 0.697. The summed E-state index contributed by atoms with van der Waals surface area (Å²) in [6.07, 6.45) is 3.68. The average molecular weight is 175 g/mol. The van der Waals surface area contributed by atoms with Crippen LogP contribution >= 0.6 is 0 Å². The van der Waals surface area contributed by atoms with E-state index in [1.807, 2.05) is 0 Å². The van der Waals surface area contributed by atoms with Gasteiger partial charge in [-0.1, -0.05) is 43.7 Å². The summed E-state index contributed by atoms with van der Waals surface area (Å²) in [5.74, 6) is 0. The number of nitrogens with two attached hydrogens (primary N) is 1. The zero-order chi connectivity index (χ0) is 9.31. The molecule has 1 aromatic rings. The molecular weight excluding hydrogens is 158 g/mol. The van der Waals surface area contributed by atoms with Crippen LogP contribution in [-0.2, 0) is 5.41 Å². The lowest BCUT2D eigenvalue weighted by molar-refractivity contribution is 0.430. The summed E-state index contributed by atoms with van der Waals surface area (Å²) in [7, 11) is 0. The Morgan fingerprint density at radius 3 is 2.54 bits per heavy atom. The molecule has 1 aliphatic carbocycles. The second kappa shape index (κ2) is 3.15. The molecule has 1 heteroatoms. The topological polar surface area (TPSA) is 26.0 Å². The van der Waals surface area contributed by atoms with E-state index in [-0.39, 0.29) is 5.41 Å². The fourth-order valence-corrected chi connectivity index (χ4v) is 2.37. The molecule has 2 N–H and O–H groups in total. The predicted molar refractivity (Wildman–Crippen MR) is 55.6 cm³/mol. The summed E-state index contributed by atoms with van der Waals surface area (Å²) in [5.41, 5.74) is 7.77. The van der Waals surface area contributed by atoms with Gasteiger partial charge in [-0.05, 0) is 18.4 Å². The van der Waals surface area contributed by atoms with Gasteiger partial charge >= 0.3 is 0 Å². The molecule has 1 saturated carbocycles. The maximum absolute atomic E-state index is 6.15. The molecule has 0 bridgehead atoms. The monoisotopic (exact) mass is 175 g/mol. The van der Waals surface area contributed by atoms with Crippen LogP contribution in [0, 0.1) is 0 Å². The summed E-state index contributed by atoms with van der Waals surface area (Å²) < 4.78 is 0. The standard InChI is InChI=1S/C12H17N/c1-12(9-5-8-11(12)13)10-6-3-2-4-7-10/h2-4,6-7,11H,5,8-9,13H2,1H3. The summed E-state index contributed by atoms with van der Waals surface area (Å²) >= 11 is 0. The van der Waals surface area contributed by atoms with E-state index < -0.39 is 0 Å².